The van der Waals surface area contributed by atoms with Crippen LogP contribution in [0.3, 0.4) is 0 Å². The van der Waals surface area contributed by atoms with Crippen molar-refractivity contribution in [3.05, 3.63) is 33.3 Å². The lowest BCUT2D eigenvalue weighted by molar-refractivity contribution is -0.142. The molecule has 1 amide bonds. The number of rotatable bonds is 3. The number of likely N-dealkylation sites (tertiary alicyclic amines) is 1. The maximum Gasteiger partial charge on any atom is 0.309 e. The van der Waals surface area contributed by atoms with Gasteiger partial charge in [-0.05, 0) is 31.5 Å². The zero-order valence-electron chi connectivity index (χ0n) is 11.1. The van der Waals surface area contributed by atoms with E-state index in [4.69, 9.17) is 11.6 Å². The third-order valence-corrected chi connectivity index (χ3v) is 4.44. The zero-order chi connectivity index (χ0) is 15.0. The van der Waals surface area contributed by atoms with Crippen LogP contribution in [0.1, 0.15) is 31.9 Å². The van der Waals surface area contributed by atoms with E-state index in [1.54, 1.807) is 23.1 Å². The molecule has 1 aliphatic heterocycles. The smallest absolute Gasteiger partial charge is 0.309 e. The van der Waals surface area contributed by atoms with E-state index in [0.717, 1.165) is 10.0 Å². The first kappa shape index (κ1) is 15.3. The maximum absolute atomic E-state index is 12.1. The summed E-state index contributed by atoms with van der Waals surface area (Å²) >= 11 is 9.34. The summed E-state index contributed by atoms with van der Waals surface area (Å²) < 4.78 is 0.724. The molecule has 2 atom stereocenters. The van der Waals surface area contributed by atoms with Crippen LogP contribution < -0.4 is 0 Å². The minimum atomic E-state index is -0.951. The molecule has 108 valence electrons. The van der Waals surface area contributed by atoms with Crippen molar-refractivity contribution in [2.75, 3.05) is 0 Å². The van der Waals surface area contributed by atoms with Crippen molar-refractivity contribution in [3.8, 4) is 0 Å². The molecule has 1 aromatic rings. The predicted molar refractivity (Wildman–Crippen MR) is 79.6 cm³/mol. The van der Waals surface area contributed by atoms with Gasteiger partial charge in [-0.25, -0.2) is 0 Å². The quantitative estimate of drug-likeness (QED) is 0.897. The third kappa shape index (κ3) is 2.69. The maximum atomic E-state index is 12.1. The first-order chi connectivity index (χ1) is 9.32. The minimum Gasteiger partial charge on any atom is -0.481 e. The molecule has 1 saturated heterocycles. The van der Waals surface area contributed by atoms with Gasteiger partial charge in [-0.1, -0.05) is 33.6 Å². The van der Waals surface area contributed by atoms with Crippen molar-refractivity contribution < 1.29 is 14.7 Å². The Balaban J connectivity index is 2.52. The largest absolute Gasteiger partial charge is 0.481 e. The SMILES string of the molecule is CC(C)N1C(=O)CC(C(=O)O)C1c1ccc(Cl)cc1Br. The standard InChI is InChI=1S/C14H15BrClNO3/c1-7(2)17-12(18)6-10(14(19)20)13(17)9-4-3-8(16)5-11(9)15/h3-5,7,10,13H,6H2,1-2H3,(H,19,20). The molecule has 20 heavy (non-hydrogen) atoms. The van der Waals surface area contributed by atoms with Crippen molar-refractivity contribution in [2.45, 2.75) is 32.4 Å². The second-order valence-corrected chi connectivity index (χ2v) is 6.45. The van der Waals surface area contributed by atoms with Gasteiger partial charge in [0.05, 0.1) is 12.0 Å². The summed E-state index contributed by atoms with van der Waals surface area (Å²) in [6.45, 7) is 3.78. The van der Waals surface area contributed by atoms with Crippen LogP contribution in [0.15, 0.2) is 22.7 Å². The third-order valence-electron chi connectivity index (χ3n) is 3.52. The van der Waals surface area contributed by atoms with E-state index in [0.29, 0.717) is 5.02 Å². The molecule has 0 bridgehead atoms. The molecule has 1 fully saturated rings. The van der Waals surface area contributed by atoms with Crippen LogP contribution in [0.5, 0.6) is 0 Å². The molecule has 2 unspecified atom stereocenters. The number of halogens is 2. The van der Waals surface area contributed by atoms with E-state index in [9.17, 15) is 14.7 Å². The van der Waals surface area contributed by atoms with Crippen LogP contribution in [0, 0.1) is 5.92 Å². The molecule has 0 aliphatic carbocycles. The van der Waals surface area contributed by atoms with Crippen LogP contribution in [-0.2, 0) is 9.59 Å². The lowest BCUT2D eigenvalue weighted by Gasteiger charge is -2.31. The molecule has 1 heterocycles. The monoisotopic (exact) mass is 359 g/mol. The van der Waals surface area contributed by atoms with E-state index in [1.165, 1.54) is 0 Å². The average molecular weight is 361 g/mol. The molecule has 6 heteroatoms. The highest BCUT2D eigenvalue weighted by Crippen LogP contribution is 2.42. The lowest BCUT2D eigenvalue weighted by Crippen LogP contribution is -2.36. The van der Waals surface area contributed by atoms with Crippen molar-refractivity contribution in [1.29, 1.82) is 0 Å². The second kappa shape index (κ2) is 5.74. The first-order valence-corrected chi connectivity index (χ1v) is 7.49. The number of benzene rings is 1. The molecule has 4 nitrogen and oxygen atoms in total. The van der Waals surface area contributed by atoms with Crippen molar-refractivity contribution in [1.82, 2.24) is 4.90 Å². The molecular weight excluding hydrogens is 346 g/mol. The van der Waals surface area contributed by atoms with Crippen LogP contribution in [0.25, 0.3) is 0 Å². The highest BCUT2D eigenvalue weighted by atomic mass is 79.9. The molecule has 0 aromatic heterocycles. The van der Waals surface area contributed by atoms with Gasteiger partial charge in [0.1, 0.15) is 0 Å². The van der Waals surface area contributed by atoms with Gasteiger partial charge in [0.25, 0.3) is 0 Å². The summed E-state index contributed by atoms with van der Waals surface area (Å²) in [7, 11) is 0. The van der Waals surface area contributed by atoms with Crippen LogP contribution in [-0.4, -0.2) is 27.9 Å². The zero-order valence-corrected chi connectivity index (χ0v) is 13.5. The van der Waals surface area contributed by atoms with E-state index >= 15 is 0 Å². The number of hydrogen-bond acceptors (Lipinski definition) is 2. The van der Waals surface area contributed by atoms with E-state index in [-0.39, 0.29) is 18.4 Å². The first-order valence-electron chi connectivity index (χ1n) is 6.32. The van der Waals surface area contributed by atoms with Gasteiger partial charge < -0.3 is 10.0 Å². The molecule has 1 aromatic carbocycles. The van der Waals surface area contributed by atoms with Crippen molar-refractivity contribution in [2.24, 2.45) is 5.92 Å². The molecule has 1 N–H and O–H groups in total. The Bertz CT molecular complexity index is 561. The van der Waals surface area contributed by atoms with Crippen LogP contribution >= 0.6 is 27.5 Å². The Kier molecular flexibility index (Phi) is 4.39. The second-order valence-electron chi connectivity index (χ2n) is 5.15. The Hall–Kier alpha value is -1.07. The number of carbonyl (C=O) groups is 2. The van der Waals surface area contributed by atoms with Crippen molar-refractivity contribution >= 4 is 39.4 Å². The predicted octanol–water partition coefficient (Wildman–Crippen LogP) is 3.49. The highest BCUT2D eigenvalue weighted by molar-refractivity contribution is 9.10. The minimum absolute atomic E-state index is 0.0350. The van der Waals surface area contributed by atoms with Gasteiger partial charge in [0.15, 0.2) is 0 Å². The van der Waals surface area contributed by atoms with Crippen molar-refractivity contribution in [3.63, 3.8) is 0 Å². The topological polar surface area (TPSA) is 57.6 Å². The van der Waals surface area contributed by atoms with Crippen LogP contribution in [0.4, 0.5) is 0 Å². The van der Waals surface area contributed by atoms with E-state index in [1.807, 2.05) is 13.8 Å². The van der Waals surface area contributed by atoms with Gasteiger partial charge in [-0.3, -0.25) is 9.59 Å². The fourth-order valence-electron chi connectivity index (χ4n) is 2.69. The highest BCUT2D eigenvalue weighted by Gasteiger charge is 2.46. The average Bonchev–Trinajstić information content (AvgIpc) is 2.67. The fourth-order valence-corrected chi connectivity index (χ4v) is 3.61. The molecule has 0 spiro atoms. The summed E-state index contributed by atoms with van der Waals surface area (Å²) in [6.07, 6.45) is 0.0350. The molecule has 2 rings (SSSR count). The Morgan fingerprint density at radius 1 is 1.50 bits per heavy atom. The van der Waals surface area contributed by atoms with Gasteiger partial charge >= 0.3 is 5.97 Å². The Morgan fingerprint density at radius 3 is 2.65 bits per heavy atom. The molecule has 0 saturated carbocycles. The number of carboxylic acids is 1. The van der Waals surface area contributed by atoms with E-state index < -0.39 is 17.9 Å². The summed E-state index contributed by atoms with van der Waals surface area (Å²) in [5, 5.41) is 9.95. The number of amides is 1. The van der Waals surface area contributed by atoms with Gasteiger partial charge in [0.2, 0.25) is 5.91 Å². The molecule has 0 radical (unpaired) electrons. The summed E-state index contributed by atoms with van der Waals surface area (Å²) in [5.41, 5.74) is 0.779. The Labute approximate surface area is 130 Å². The number of aliphatic carboxylic acids is 1. The van der Waals surface area contributed by atoms with Gasteiger partial charge in [-0.2, -0.15) is 0 Å². The molecule has 1 aliphatic rings. The fraction of sp³-hybridized carbons (Fsp3) is 0.429. The summed E-state index contributed by atoms with van der Waals surface area (Å²) in [5.74, 6) is -1.81. The lowest BCUT2D eigenvalue weighted by atomic mass is 9.93. The number of carbonyl (C=O) groups excluding carboxylic acids is 1. The molecular formula is C14H15BrClNO3. The van der Waals surface area contributed by atoms with Gasteiger partial charge in [0, 0.05) is 22.0 Å². The normalized spacial score (nSPS) is 22.6. The summed E-state index contributed by atoms with van der Waals surface area (Å²) in [4.78, 5) is 25.2. The number of hydrogen-bond donors (Lipinski definition) is 1. The van der Waals surface area contributed by atoms with E-state index in [2.05, 4.69) is 15.9 Å². The summed E-state index contributed by atoms with van der Waals surface area (Å²) in [6, 6.07) is 4.69. The Morgan fingerprint density at radius 2 is 2.15 bits per heavy atom. The number of nitrogens with zero attached hydrogens (tertiary/aromatic N) is 1. The van der Waals surface area contributed by atoms with Gasteiger partial charge in [-0.15, -0.1) is 0 Å². The number of carboxylic acid groups (broad SMARTS) is 1. The van der Waals surface area contributed by atoms with Crippen LogP contribution in [0.2, 0.25) is 5.02 Å².